The number of hydrazone groups is 1. The summed E-state index contributed by atoms with van der Waals surface area (Å²) >= 11 is 1.07. The fourth-order valence-electron chi connectivity index (χ4n) is 3.61. The number of aromatic nitrogens is 3. The lowest BCUT2D eigenvalue weighted by atomic mass is 10.1. The van der Waals surface area contributed by atoms with Crippen LogP contribution in [-0.4, -0.2) is 30.5 Å². The molecule has 0 fully saturated rings. The summed E-state index contributed by atoms with van der Waals surface area (Å²) in [7, 11) is 0. The van der Waals surface area contributed by atoms with E-state index in [1.54, 1.807) is 24.3 Å². The number of rotatable bonds is 8. The molecule has 186 valence electrons. The van der Waals surface area contributed by atoms with Crippen molar-refractivity contribution >= 4 is 34.0 Å². The molecule has 0 atom stereocenters. The molecule has 10 heteroatoms. The van der Waals surface area contributed by atoms with Crippen LogP contribution in [0.15, 0.2) is 126 Å². The van der Waals surface area contributed by atoms with Crippen LogP contribution in [-0.2, 0) is 0 Å². The summed E-state index contributed by atoms with van der Waals surface area (Å²) in [5.41, 5.74) is 5.45. The summed E-state index contributed by atoms with van der Waals surface area (Å²) in [6.07, 6.45) is 0. The normalized spacial score (nSPS) is 11.2. The predicted molar refractivity (Wildman–Crippen MR) is 148 cm³/mol. The van der Waals surface area contributed by atoms with Crippen molar-refractivity contribution in [2.75, 3.05) is 5.43 Å². The number of nitro groups is 1. The molecule has 0 bridgehead atoms. The van der Waals surface area contributed by atoms with E-state index in [4.69, 9.17) is 0 Å². The quantitative estimate of drug-likeness (QED) is 0.0643. The fraction of sp³-hybridized carbons (Fsp3) is 0. The molecule has 1 N–H and O–H groups in total. The van der Waals surface area contributed by atoms with Gasteiger partial charge in [-0.25, -0.2) is 0 Å². The number of carbonyl (C=O) groups is 1. The van der Waals surface area contributed by atoms with E-state index in [-0.39, 0.29) is 16.5 Å². The van der Waals surface area contributed by atoms with Gasteiger partial charge in [0.05, 0.1) is 10.6 Å². The number of thioether (sulfide) groups is 1. The minimum atomic E-state index is -0.478. The number of benzene rings is 4. The fourth-order valence-corrected chi connectivity index (χ4v) is 4.45. The molecule has 5 aromatic rings. The van der Waals surface area contributed by atoms with Crippen molar-refractivity contribution in [3.8, 4) is 17.1 Å². The summed E-state index contributed by atoms with van der Waals surface area (Å²) in [5, 5.41) is 24.8. The van der Waals surface area contributed by atoms with Crippen LogP contribution in [0.1, 0.15) is 10.4 Å². The minimum absolute atomic E-state index is 0.0427. The Morgan fingerprint density at radius 1 is 0.816 bits per heavy atom. The molecule has 0 amide bonds. The number of Topliss-reactive ketones (excluding diaryl/α,β-unsaturated/α-hetero) is 1. The lowest BCUT2D eigenvalue weighted by molar-refractivity contribution is -0.384. The maximum absolute atomic E-state index is 13.5. The zero-order valence-corrected chi connectivity index (χ0v) is 20.7. The van der Waals surface area contributed by atoms with E-state index in [0.717, 1.165) is 23.0 Å². The Balaban J connectivity index is 1.55. The smallest absolute Gasteiger partial charge is 0.269 e. The van der Waals surface area contributed by atoms with E-state index in [2.05, 4.69) is 20.7 Å². The van der Waals surface area contributed by atoms with Gasteiger partial charge in [0.15, 0.2) is 10.9 Å². The van der Waals surface area contributed by atoms with Gasteiger partial charge in [0.2, 0.25) is 10.9 Å². The van der Waals surface area contributed by atoms with Gasteiger partial charge in [0.1, 0.15) is 0 Å². The molecule has 1 heterocycles. The summed E-state index contributed by atoms with van der Waals surface area (Å²) < 4.78 is 1.87. The Bertz CT molecular complexity index is 1590. The first-order chi connectivity index (χ1) is 18.6. The molecular formula is C28H20N6O3S. The van der Waals surface area contributed by atoms with Crippen LogP contribution in [0, 0.1) is 10.1 Å². The first-order valence-electron chi connectivity index (χ1n) is 11.5. The molecule has 0 saturated carbocycles. The maximum atomic E-state index is 13.5. The highest BCUT2D eigenvalue weighted by Crippen LogP contribution is 2.29. The Hall–Kier alpha value is -5.09. The molecule has 5 rings (SSSR count). The van der Waals surface area contributed by atoms with Crippen molar-refractivity contribution in [3.05, 3.63) is 131 Å². The molecule has 1 aromatic heterocycles. The SMILES string of the molecule is O=C(C(=NNc1ccc([N+](=O)[O-])cc1)Sc1nnc(-c2ccccc2)n1-c1ccccc1)c1ccccc1. The van der Waals surface area contributed by atoms with Crippen LogP contribution in [0.3, 0.4) is 0 Å². The first-order valence-corrected chi connectivity index (χ1v) is 12.3. The molecule has 0 spiro atoms. The number of ketones is 1. The van der Waals surface area contributed by atoms with Crippen molar-refractivity contribution in [2.24, 2.45) is 5.10 Å². The Morgan fingerprint density at radius 2 is 1.42 bits per heavy atom. The van der Waals surface area contributed by atoms with Crippen LogP contribution >= 0.6 is 11.8 Å². The highest BCUT2D eigenvalue weighted by molar-refractivity contribution is 8.15. The monoisotopic (exact) mass is 520 g/mol. The van der Waals surface area contributed by atoms with E-state index in [0.29, 0.717) is 22.2 Å². The van der Waals surface area contributed by atoms with Gasteiger partial charge in [-0.15, -0.1) is 10.2 Å². The van der Waals surface area contributed by atoms with Gasteiger partial charge in [0.25, 0.3) is 5.69 Å². The topological polar surface area (TPSA) is 115 Å². The van der Waals surface area contributed by atoms with Crippen molar-refractivity contribution < 1.29 is 9.72 Å². The average Bonchev–Trinajstić information content (AvgIpc) is 3.40. The van der Waals surface area contributed by atoms with Crippen LogP contribution in [0.25, 0.3) is 17.1 Å². The number of non-ortho nitro benzene ring substituents is 1. The molecule has 9 nitrogen and oxygen atoms in total. The molecular weight excluding hydrogens is 500 g/mol. The predicted octanol–water partition coefficient (Wildman–Crippen LogP) is 6.24. The van der Waals surface area contributed by atoms with Crippen LogP contribution in [0.4, 0.5) is 11.4 Å². The Morgan fingerprint density at radius 3 is 2.05 bits per heavy atom. The number of carbonyl (C=O) groups excluding carboxylic acids is 1. The zero-order valence-electron chi connectivity index (χ0n) is 19.8. The first kappa shape index (κ1) is 24.6. The van der Waals surface area contributed by atoms with Crippen LogP contribution in [0.2, 0.25) is 0 Å². The van der Waals surface area contributed by atoms with Crippen LogP contribution in [0.5, 0.6) is 0 Å². The molecule has 0 radical (unpaired) electrons. The molecule has 38 heavy (non-hydrogen) atoms. The molecule has 4 aromatic carbocycles. The molecule has 0 saturated heterocycles. The average molecular weight is 521 g/mol. The summed E-state index contributed by atoms with van der Waals surface area (Å²) in [6, 6.07) is 33.9. The van der Waals surface area contributed by atoms with Gasteiger partial charge in [-0.3, -0.25) is 24.9 Å². The molecule has 0 aliphatic heterocycles. The standard InChI is InChI=1S/C28H20N6O3S/c35-25(20-10-4-1-5-11-20)27(31-29-22-16-18-24(19-17-22)34(36)37)38-28-32-30-26(21-12-6-2-7-13-21)33(28)23-14-8-3-9-15-23/h1-19,29H. The largest absolute Gasteiger partial charge is 0.286 e. The number of nitrogens with one attached hydrogen (secondary N) is 1. The van der Waals surface area contributed by atoms with E-state index >= 15 is 0 Å². The third-order valence-electron chi connectivity index (χ3n) is 5.46. The van der Waals surface area contributed by atoms with Crippen molar-refractivity contribution in [1.29, 1.82) is 0 Å². The number of hydrogen-bond acceptors (Lipinski definition) is 8. The van der Waals surface area contributed by atoms with E-state index in [9.17, 15) is 14.9 Å². The second-order valence-corrected chi connectivity index (χ2v) is 8.93. The van der Waals surface area contributed by atoms with Gasteiger partial charge in [-0.1, -0.05) is 78.9 Å². The van der Waals surface area contributed by atoms with Crippen molar-refractivity contribution in [2.45, 2.75) is 5.16 Å². The lowest BCUT2D eigenvalue weighted by Crippen LogP contribution is -2.14. The number of nitrogens with zero attached hydrogens (tertiary/aromatic N) is 5. The summed E-state index contributed by atoms with van der Waals surface area (Å²) in [4.78, 5) is 24.0. The van der Waals surface area contributed by atoms with Gasteiger partial charge in [0, 0.05) is 28.9 Å². The summed E-state index contributed by atoms with van der Waals surface area (Å²) in [6.45, 7) is 0. The Labute approximate surface area is 222 Å². The maximum Gasteiger partial charge on any atom is 0.269 e. The van der Waals surface area contributed by atoms with Crippen LogP contribution < -0.4 is 5.43 Å². The highest BCUT2D eigenvalue weighted by atomic mass is 32.2. The third kappa shape index (κ3) is 5.50. The van der Waals surface area contributed by atoms with E-state index < -0.39 is 4.92 Å². The molecule has 0 aliphatic carbocycles. The van der Waals surface area contributed by atoms with Gasteiger partial charge >= 0.3 is 0 Å². The van der Waals surface area contributed by atoms with Gasteiger partial charge < -0.3 is 0 Å². The van der Waals surface area contributed by atoms with Crippen molar-refractivity contribution in [3.63, 3.8) is 0 Å². The highest BCUT2D eigenvalue weighted by Gasteiger charge is 2.23. The Kier molecular flexibility index (Phi) is 7.32. The molecule has 0 unspecified atom stereocenters. The van der Waals surface area contributed by atoms with E-state index in [1.165, 1.54) is 24.3 Å². The zero-order chi connectivity index (χ0) is 26.3. The minimum Gasteiger partial charge on any atom is -0.286 e. The second-order valence-electron chi connectivity index (χ2n) is 7.97. The number of anilines is 1. The number of para-hydroxylation sites is 1. The lowest BCUT2D eigenvalue weighted by Gasteiger charge is -2.11. The second kappa shape index (κ2) is 11.3. The molecule has 0 aliphatic rings. The third-order valence-corrected chi connectivity index (χ3v) is 6.38. The number of nitro benzene ring substituents is 1. The van der Waals surface area contributed by atoms with Gasteiger partial charge in [-0.05, 0) is 36.0 Å². The number of hydrogen-bond donors (Lipinski definition) is 1. The van der Waals surface area contributed by atoms with Gasteiger partial charge in [-0.2, -0.15) is 5.10 Å². The summed E-state index contributed by atoms with van der Waals surface area (Å²) in [5.74, 6) is 0.308. The van der Waals surface area contributed by atoms with Crippen molar-refractivity contribution in [1.82, 2.24) is 14.8 Å². The van der Waals surface area contributed by atoms with E-state index in [1.807, 2.05) is 71.3 Å².